The Bertz CT molecular complexity index is 1250. The van der Waals surface area contributed by atoms with Crippen molar-refractivity contribution >= 4 is 56.5 Å². The first-order chi connectivity index (χ1) is 15.7. The lowest BCUT2D eigenvalue weighted by Crippen LogP contribution is -2.38. The summed E-state index contributed by atoms with van der Waals surface area (Å²) in [6, 6.07) is 18.2. The molecule has 3 aromatic carbocycles. The summed E-state index contributed by atoms with van der Waals surface area (Å²) in [6.07, 6.45) is 0. The first kappa shape index (κ1) is 24.6. The van der Waals surface area contributed by atoms with Crippen molar-refractivity contribution in [2.24, 2.45) is 0 Å². The highest BCUT2D eigenvalue weighted by Crippen LogP contribution is 2.25. The van der Waals surface area contributed by atoms with E-state index in [4.69, 9.17) is 27.9 Å². The van der Waals surface area contributed by atoms with E-state index in [1.165, 1.54) is 42.5 Å². The van der Waals surface area contributed by atoms with Gasteiger partial charge in [-0.05, 0) is 61.5 Å². The normalized spacial score (nSPS) is 11.0. The number of para-hydroxylation sites is 1. The SMILES string of the molecule is CCOC(=O)c1ccc(NC(=O)CN(c2ccccc2)S(=O)(=O)c2ccc(Cl)cc2)cc1Cl. The summed E-state index contributed by atoms with van der Waals surface area (Å²) in [6.45, 7) is 1.38. The van der Waals surface area contributed by atoms with Gasteiger partial charge in [0.15, 0.2) is 0 Å². The number of carbonyl (C=O) groups is 2. The molecule has 0 atom stereocenters. The van der Waals surface area contributed by atoms with Crippen LogP contribution in [0.25, 0.3) is 0 Å². The highest BCUT2D eigenvalue weighted by atomic mass is 35.5. The lowest BCUT2D eigenvalue weighted by atomic mass is 10.2. The molecule has 0 aliphatic carbocycles. The molecule has 0 spiro atoms. The van der Waals surface area contributed by atoms with Gasteiger partial charge in [0.2, 0.25) is 5.91 Å². The number of hydrogen-bond donors (Lipinski definition) is 1. The molecule has 10 heteroatoms. The minimum absolute atomic E-state index is 0.00890. The maximum Gasteiger partial charge on any atom is 0.339 e. The van der Waals surface area contributed by atoms with E-state index in [0.717, 1.165) is 4.31 Å². The van der Waals surface area contributed by atoms with Crippen molar-refractivity contribution in [1.82, 2.24) is 0 Å². The number of halogens is 2. The van der Waals surface area contributed by atoms with Gasteiger partial charge >= 0.3 is 5.97 Å². The number of hydrogen-bond acceptors (Lipinski definition) is 5. The monoisotopic (exact) mass is 506 g/mol. The molecular weight excluding hydrogens is 487 g/mol. The molecular formula is C23H20Cl2N2O5S. The number of sulfonamides is 1. The fourth-order valence-corrected chi connectivity index (χ4v) is 4.75. The summed E-state index contributed by atoms with van der Waals surface area (Å²) in [4.78, 5) is 24.7. The predicted octanol–water partition coefficient (Wildman–Crippen LogP) is 5.00. The molecule has 33 heavy (non-hydrogen) atoms. The Labute approximate surface area is 201 Å². The second-order valence-corrected chi connectivity index (χ2v) is 9.47. The molecule has 3 rings (SSSR count). The Morgan fingerprint density at radius 1 is 0.970 bits per heavy atom. The van der Waals surface area contributed by atoms with Crippen LogP contribution in [0.15, 0.2) is 77.7 Å². The summed E-state index contributed by atoms with van der Waals surface area (Å²) in [5.74, 6) is -1.18. The van der Waals surface area contributed by atoms with Crippen molar-refractivity contribution in [2.75, 3.05) is 22.8 Å². The van der Waals surface area contributed by atoms with Gasteiger partial charge in [-0.3, -0.25) is 9.10 Å². The fourth-order valence-electron chi connectivity index (χ4n) is 2.94. The molecule has 0 unspecified atom stereocenters. The molecule has 0 radical (unpaired) electrons. The molecule has 0 saturated heterocycles. The van der Waals surface area contributed by atoms with Crippen molar-refractivity contribution in [3.05, 3.63) is 88.4 Å². The first-order valence-electron chi connectivity index (χ1n) is 9.82. The third-order valence-electron chi connectivity index (χ3n) is 4.48. The third-order valence-corrected chi connectivity index (χ3v) is 6.83. The quantitative estimate of drug-likeness (QED) is 0.433. The molecule has 0 fully saturated rings. The summed E-state index contributed by atoms with van der Waals surface area (Å²) in [5.41, 5.74) is 0.779. The number of nitrogens with zero attached hydrogens (tertiary/aromatic N) is 1. The van der Waals surface area contributed by atoms with Gasteiger partial charge in [-0.15, -0.1) is 0 Å². The molecule has 0 heterocycles. The van der Waals surface area contributed by atoms with Crippen LogP contribution in [0.1, 0.15) is 17.3 Å². The highest BCUT2D eigenvalue weighted by molar-refractivity contribution is 7.92. The van der Waals surface area contributed by atoms with E-state index in [9.17, 15) is 18.0 Å². The number of esters is 1. The van der Waals surface area contributed by atoms with E-state index in [-0.39, 0.29) is 22.1 Å². The molecule has 0 aliphatic heterocycles. The van der Waals surface area contributed by atoms with Crippen molar-refractivity contribution in [2.45, 2.75) is 11.8 Å². The van der Waals surface area contributed by atoms with Crippen molar-refractivity contribution < 1.29 is 22.7 Å². The zero-order valence-electron chi connectivity index (χ0n) is 17.5. The number of amides is 1. The van der Waals surface area contributed by atoms with Gasteiger partial charge in [0.1, 0.15) is 6.54 Å². The van der Waals surface area contributed by atoms with E-state index in [0.29, 0.717) is 16.4 Å². The van der Waals surface area contributed by atoms with E-state index in [1.807, 2.05) is 0 Å². The van der Waals surface area contributed by atoms with E-state index >= 15 is 0 Å². The van der Waals surface area contributed by atoms with Crippen LogP contribution in [0, 0.1) is 0 Å². The molecule has 1 amide bonds. The zero-order valence-corrected chi connectivity index (χ0v) is 19.8. The number of benzene rings is 3. The second kappa shape index (κ2) is 10.7. The maximum atomic E-state index is 13.3. The Morgan fingerprint density at radius 2 is 1.64 bits per heavy atom. The van der Waals surface area contributed by atoms with Gasteiger partial charge in [-0.2, -0.15) is 0 Å². The van der Waals surface area contributed by atoms with E-state index in [1.54, 1.807) is 37.3 Å². The summed E-state index contributed by atoms with van der Waals surface area (Å²) < 4.78 is 32.5. The van der Waals surface area contributed by atoms with Gasteiger partial charge in [0.25, 0.3) is 10.0 Å². The van der Waals surface area contributed by atoms with Crippen LogP contribution in [0.3, 0.4) is 0 Å². The van der Waals surface area contributed by atoms with Crippen LogP contribution in [-0.4, -0.2) is 33.4 Å². The fraction of sp³-hybridized carbons (Fsp3) is 0.130. The number of rotatable bonds is 8. The molecule has 0 bridgehead atoms. The molecule has 0 aromatic heterocycles. The molecule has 0 saturated carbocycles. The van der Waals surface area contributed by atoms with Crippen LogP contribution >= 0.6 is 23.2 Å². The number of anilines is 2. The highest BCUT2D eigenvalue weighted by Gasteiger charge is 2.27. The van der Waals surface area contributed by atoms with Crippen LogP contribution < -0.4 is 9.62 Å². The third kappa shape index (κ3) is 6.04. The second-order valence-electron chi connectivity index (χ2n) is 6.76. The maximum absolute atomic E-state index is 13.3. The Balaban J connectivity index is 1.85. The minimum atomic E-state index is -4.06. The first-order valence-corrected chi connectivity index (χ1v) is 12.0. The Kier molecular flexibility index (Phi) is 7.97. The predicted molar refractivity (Wildman–Crippen MR) is 128 cm³/mol. The standard InChI is InChI=1S/C23H20Cl2N2O5S/c1-2-32-23(29)20-13-10-17(14-21(20)25)26-22(28)15-27(18-6-4-3-5-7-18)33(30,31)19-11-8-16(24)9-12-19/h3-14H,2,15H2,1H3,(H,26,28). The Hall–Kier alpha value is -3.07. The zero-order chi connectivity index (χ0) is 24.0. The largest absolute Gasteiger partial charge is 0.462 e. The van der Waals surface area contributed by atoms with Crippen molar-refractivity contribution in [3.8, 4) is 0 Å². The molecule has 3 aromatic rings. The summed E-state index contributed by atoms with van der Waals surface area (Å²) in [7, 11) is -4.06. The van der Waals surface area contributed by atoms with Crippen LogP contribution in [-0.2, 0) is 19.6 Å². The molecule has 7 nitrogen and oxygen atoms in total. The van der Waals surface area contributed by atoms with E-state index < -0.39 is 28.4 Å². The number of ether oxygens (including phenoxy) is 1. The van der Waals surface area contributed by atoms with Crippen LogP contribution in [0.4, 0.5) is 11.4 Å². The molecule has 1 N–H and O–H groups in total. The lowest BCUT2D eigenvalue weighted by Gasteiger charge is -2.24. The van der Waals surface area contributed by atoms with Gasteiger partial charge in [-0.1, -0.05) is 41.4 Å². The molecule has 172 valence electrons. The summed E-state index contributed by atoms with van der Waals surface area (Å²) in [5, 5.41) is 3.10. The molecule has 0 aliphatic rings. The number of carbonyl (C=O) groups excluding carboxylic acids is 2. The average Bonchev–Trinajstić information content (AvgIpc) is 2.78. The smallest absolute Gasteiger partial charge is 0.339 e. The number of nitrogens with one attached hydrogen (secondary N) is 1. The topological polar surface area (TPSA) is 92.8 Å². The van der Waals surface area contributed by atoms with Gasteiger partial charge < -0.3 is 10.1 Å². The van der Waals surface area contributed by atoms with Gasteiger partial charge in [-0.25, -0.2) is 13.2 Å². The van der Waals surface area contributed by atoms with Gasteiger partial charge in [0, 0.05) is 10.7 Å². The van der Waals surface area contributed by atoms with E-state index in [2.05, 4.69) is 5.32 Å². The average molecular weight is 507 g/mol. The van der Waals surface area contributed by atoms with Crippen molar-refractivity contribution in [3.63, 3.8) is 0 Å². The van der Waals surface area contributed by atoms with Gasteiger partial charge in [0.05, 0.1) is 27.8 Å². The summed E-state index contributed by atoms with van der Waals surface area (Å²) >= 11 is 12.0. The van der Waals surface area contributed by atoms with Crippen LogP contribution in [0.5, 0.6) is 0 Å². The Morgan fingerprint density at radius 3 is 2.24 bits per heavy atom. The van der Waals surface area contributed by atoms with Crippen LogP contribution in [0.2, 0.25) is 10.0 Å². The van der Waals surface area contributed by atoms with Crippen molar-refractivity contribution in [1.29, 1.82) is 0 Å². The minimum Gasteiger partial charge on any atom is -0.462 e. The lowest BCUT2D eigenvalue weighted by molar-refractivity contribution is -0.114.